The van der Waals surface area contributed by atoms with Gasteiger partial charge >= 0.3 is 0 Å². The maximum Gasteiger partial charge on any atom is 0.220 e. The molecule has 1 fully saturated rings. The van der Waals surface area contributed by atoms with Gasteiger partial charge < -0.3 is 15.8 Å². The summed E-state index contributed by atoms with van der Waals surface area (Å²) >= 11 is 0. The van der Waals surface area contributed by atoms with Gasteiger partial charge in [-0.2, -0.15) is 0 Å². The molecule has 1 saturated carbocycles. The van der Waals surface area contributed by atoms with Crippen molar-refractivity contribution in [3.8, 4) is 5.75 Å². The molecule has 0 saturated heterocycles. The van der Waals surface area contributed by atoms with Crippen LogP contribution in [-0.4, -0.2) is 17.6 Å². The van der Waals surface area contributed by atoms with Crippen molar-refractivity contribution in [2.45, 2.75) is 63.6 Å². The van der Waals surface area contributed by atoms with Gasteiger partial charge in [-0.25, -0.2) is 4.39 Å². The molecule has 1 aliphatic carbocycles. The van der Waals surface area contributed by atoms with E-state index in [4.69, 9.17) is 10.5 Å². The van der Waals surface area contributed by atoms with E-state index in [1.807, 2.05) is 13.8 Å². The summed E-state index contributed by atoms with van der Waals surface area (Å²) in [6.45, 7) is 3.90. The molecule has 3 N–H and O–H groups in total. The highest BCUT2D eigenvalue weighted by Crippen LogP contribution is 2.40. The normalized spacial score (nSPS) is 27.6. The number of nitrogens with one attached hydrogen (secondary N) is 1. The first-order valence-electron chi connectivity index (χ1n) is 8.37. The number of fused-ring (bicyclic) bond motifs is 1. The molecule has 0 aromatic heterocycles. The lowest BCUT2D eigenvalue weighted by molar-refractivity contribution is -0.123. The second-order valence-electron chi connectivity index (χ2n) is 7.43. The van der Waals surface area contributed by atoms with Gasteiger partial charge in [0.05, 0.1) is 6.04 Å². The average Bonchev–Trinajstić information content (AvgIpc) is 2.82. The number of halogens is 2. The monoisotopic (exact) mass is 356 g/mol. The van der Waals surface area contributed by atoms with E-state index in [2.05, 4.69) is 5.32 Å². The molecule has 134 valence electrons. The molecular formula is C18H26ClFN2O2. The van der Waals surface area contributed by atoms with Crippen molar-refractivity contribution in [3.63, 3.8) is 0 Å². The van der Waals surface area contributed by atoms with Crippen molar-refractivity contribution in [1.82, 2.24) is 5.32 Å². The summed E-state index contributed by atoms with van der Waals surface area (Å²) in [4.78, 5) is 12.4. The molecule has 1 aromatic carbocycles. The second-order valence-corrected chi connectivity index (χ2v) is 7.43. The van der Waals surface area contributed by atoms with Gasteiger partial charge in [-0.3, -0.25) is 4.79 Å². The number of hydrogen-bond acceptors (Lipinski definition) is 3. The Morgan fingerprint density at radius 1 is 1.42 bits per heavy atom. The SMILES string of the molecule is CC1(C)CC(NC(=O)C[C@@H]2CCC[C@H]2N)c2ccc(F)cc2O1.Cl. The van der Waals surface area contributed by atoms with E-state index in [-0.39, 0.29) is 42.1 Å². The smallest absolute Gasteiger partial charge is 0.220 e. The number of ether oxygens (including phenoxy) is 1. The molecule has 1 unspecified atom stereocenters. The second kappa shape index (κ2) is 7.28. The third-order valence-corrected chi connectivity index (χ3v) is 4.93. The van der Waals surface area contributed by atoms with Crippen LogP contribution >= 0.6 is 12.4 Å². The van der Waals surface area contributed by atoms with Crippen LogP contribution in [0, 0.1) is 11.7 Å². The summed E-state index contributed by atoms with van der Waals surface area (Å²) in [5.74, 6) is 0.480. The Hall–Kier alpha value is -1.33. The lowest BCUT2D eigenvalue weighted by Gasteiger charge is -2.38. The fourth-order valence-corrected chi connectivity index (χ4v) is 3.76. The maximum atomic E-state index is 13.5. The van der Waals surface area contributed by atoms with Crippen LogP contribution in [0.1, 0.15) is 57.6 Å². The van der Waals surface area contributed by atoms with Crippen LogP contribution in [-0.2, 0) is 4.79 Å². The van der Waals surface area contributed by atoms with E-state index in [0.717, 1.165) is 24.8 Å². The Balaban J connectivity index is 0.00000208. The molecule has 0 radical (unpaired) electrons. The molecule has 24 heavy (non-hydrogen) atoms. The number of benzene rings is 1. The maximum absolute atomic E-state index is 13.5. The fourth-order valence-electron chi connectivity index (χ4n) is 3.76. The molecule has 1 aliphatic heterocycles. The third-order valence-electron chi connectivity index (χ3n) is 4.93. The highest BCUT2D eigenvalue weighted by molar-refractivity contribution is 5.85. The van der Waals surface area contributed by atoms with Crippen LogP contribution in [0.25, 0.3) is 0 Å². The van der Waals surface area contributed by atoms with Crippen molar-refractivity contribution in [2.75, 3.05) is 0 Å². The van der Waals surface area contributed by atoms with Crippen molar-refractivity contribution < 1.29 is 13.9 Å². The zero-order valence-electron chi connectivity index (χ0n) is 14.2. The van der Waals surface area contributed by atoms with Crippen LogP contribution in [0.4, 0.5) is 4.39 Å². The van der Waals surface area contributed by atoms with Crippen molar-refractivity contribution in [2.24, 2.45) is 11.7 Å². The van der Waals surface area contributed by atoms with Gasteiger partial charge in [-0.05, 0) is 38.7 Å². The molecule has 4 nitrogen and oxygen atoms in total. The first-order chi connectivity index (χ1) is 10.8. The molecule has 6 heteroatoms. The predicted molar refractivity (Wildman–Crippen MR) is 93.8 cm³/mol. The average molecular weight is 357 g/mol. The summed E-state index contributed by atoms with van der Waals surface area (Å²) in [7, 11) is 0. The zero-order chi connectivity index (χ0) is 16.6. The van der Waals surface area contributed by atoms with Gasteiger partial charge in [-0.1, -0.05) is 12.5 Å². The van der Waals surface area contributed by atoms with Crippen LogP contribution in [0.5, 0.6) is 5.75 Å². The molecule has 1 aromatic rings. The van der Waals surface area contributed by atoms with Gasteiger partial charge in [-0.15, -0.1) is 12.4 Å². The third kappa shape index (κ3) is 4.19. The Bertz CT molecular complexity index is 609. The van der Waals surface area contributed by atoms with E-state index in [0.29, 0.717) is 18.6 Å². The molecule has 2 aliphatic rings. The number of amides is 1. The van der Waals surface area contributed by atoms with Crippen LogP contribution in [0.3, 0.4) is 0 Å². The minimum Gasteiger partial charge on any atom is -0.487 e. The Kier molecular flexibility index (Phi) is 5.76. The van der Waals surface area contributed by atoms with Gasteiger partial charge in [0.1, 0.15) is 17.2 Å². The van der Waals surface area contributed by atoms with E-state index in [9.17, 15) is 9.18 Å². The van der Waals surface area contributed by atoms with E-state index < -0.39 is 5.60 Å². The topological polar surface area (TPSA) is 64.4 Å². The first-order valence-corrected chi connectivity index (χ1v) is 8.37. The first kappa shape index (κ1) is 19.0. The minimum absolute atomic E-state index is 0. The standard InChI is InChI=1S/C18H25FN2O2.ClH/c1-18(2)10-15(13-7-6-12(19)9-16(13)23-18)21-17(22)8-11-4-3-5-14(11)20;/h6-7,9,11,14-15H,3-5,8,10,20H2,1-2H3,(H,21,22);1H/t11-,14+,15?;/m0./s1. The summed E-state index contributed by atoms with van der Waals surface area (Å²) < 4.78 is 19.3. The summed E-state index contributed by atoms with van der Waals surface area (Å²) in [5, 5.41) is 3.10. The van der Waals surface area contributed by atoms with Crippen molar-refractivity contribution in [3.05, 3.63) is 29.6 Å². The summed E-state index contributed by atoms with van der Waals surface area (Å²) in [6, 6.07) is 4.48. The van der Waals surface area contributed by atoms with Crippen LogP contribution in [0.15, 0.2) is 18.2 Å². The van der Waals surface area contributed by atoms with Crippen LogP contribution < -0.4 is 15.8 Å². The van der Waals surface area contributed by atoms with E-state index in [1.165, 1.54) is 12.1 Å². The highest BCUT2D eigenvalue weighted by atomic mass is 35.5. The summed E-state index contributed by atoms with van der Waals surface area (Å²) in [6.07, 6.45) is 4.26. The van der Waals surface area contributed by atoms with Gasteiger partial charge in [0.15, 0.2) is 0 Å². The van der Waals surface area contributed by atoms with Crippen LogP contribution in [0.2, 0.25) is 0 Å². The van der Waals surface area contributed by atoms with Gasteiger partial charge in [0.2, 0.25) is 5.91 Å². The zero-order valence-corrected chi connectivity index (χ0v) is 15.0. The minimum atomic E-state index is -0.442. The summed E-state index contributed by atoms with van der Waals surface area (Å²) in [5.41, 5.74) is 6.46. The van der Waals surface area contributed by atoms with Gasteiger partial charge in [0, 0.05) is 30.5 Å². The quantitative estimate of drug-likeness (QED) is 0.871. The molecule has 0 spiro atoms. The number of carbonyl (C=O) groups excluding carboxylic acids is 1. The lowest BCUT2D eigenvalue weighted by Crippen LogP contribution is -2.42. The lowest BCUT2D eigenvalue weighted by atomic mass is 9.89. The Labute approximate surface area is 148 Å². The molecule has 1 amide bonds. The number of rotatable bonds is 3. The van der Waals surface area contributed by atoms with Crippen molar-refractivity contribution in [1.29, 1.82) is 0 Å². The molecular weight excluding hydrogens is 331 g/mol. The largest absolute Gasteiger partial charge is 0.487 e. The fraction of sp³-hybridized carbons (Fsp3) is 0.611. The molecule has 1 heterocycles. The molecule has 0 bridgehead atoms. The van der Waals surface area contributed by atoms with E-state index >= 15 is 0 Å². The number of nitrogens with two attached hydrogens (primary N) is 1. The Morgan fingerprint density at radius 3 is 2.83 bits per heavy atom. The predicted octanol–water partition coefficient (Wildman–Crippen LogP) is 3.48. The Morgan fingerprint density at radius 2 is 2.17 bits per heavy atom. The number of carbonyl (C=O) groups is 1. The highest BCUT2D eigenvalue weighted by Gasteiger charge is 2.35. The number of hydrogen-bond donors (Lipinski definition) is 2. The molecule has 3 rings (SSSR count). The van der Waals surface area contributed by atoms with Crippen molar-refractivity contribution >= 4 is 18.3 Å². The molecule has 3 atom stereocenters. The van der Waals surface area contributed by atoms with E-state index in [1.54, 1.807) is 6.07 Å². The van der Waals surface area contributed by atoms with Gasteiger partial charge in [0.25, 0.3) is 0 Å².